The van der Waals surface area contributed by atoms with E-state index in [1.165, 1.54) is 12.1 Å². The Morgan fingerprint density at radius 3 is 2.45 bits per heavy atom. The number of rotatable bonds is 4. The molecule has 0 saturated carbocycles. The maximum atomic E-state index is 14.0. The molecule has 0 aliphatic carbocycles. The number of halogens is 2. The Balaban J connectivity index is 2.21. The molecule has 1 aromatic rings. The summed E-state index contributed by atoms with van der Waals surface area (Å²) in [4.78, 5) is 22.9. The van der Waals surface area contributed by atoms with Crippen molar-refractivity contribution in [3.63, 3.8) is 0 Å². The lowest BCUT2D eigenvalue weighted by molar-refractivity contribution is -0.156. The molecule has 20 heavy (non-hydrogen) atoms. The van der Waals surface area contributed by atoms with Gasteiger partial charge in [-0.15, -0.1) is 0 Å². The van der Waals surface area contributed by atoms with E-state index in [0.29, 0.717) is 0 Å². The Labute approximate surface area is 113 Å². The number of amides is 1. The molecule has 0 aromatic heterocycles. The fourth-order valence-electron chi connectivity index (χ4n) is 1.96. The lowest BCUT2D eigenvalue weighted by Gasteiger charge is -2.26. The van der Waals surface area contributed by atoms with Crippen LogP contribution in [0.1, 0.15) is 12.0 Å². The zero-order chi connectivity index (χ0) is 14.8. The van der Waals surface area contributed by atoms with Crippen molar-refractivity contribution in [2.45, 2.75) is 17.9 Å². The summed E-state index contributed by atoms with van der Waals surface area (Å²) in [6.45, 7) is -0.220. The van der Waals surface area contributed by atoms with Crippen LogP contribution in [0, 0.1) is 0 Å². The highest BCUT2D eigenvalue weighted by Gasteiger charge is 2.50. The molecular formula is C13H13F2NO4. The smallest absolute Gasteiger partial charge is 0.349 e. The normalized spacial score (nSPS) is 22.5. The molecule has 0 bridgehead atoms. The molecule has 1 unspecified atom stereocenters. The lowest BCUT2D eigenvalue weighted by Crippen LogP contribution is -2.58. The van der Waals surface area contributed by atoms with E-state index in [-0.39, 0.29) is 19.6 Å². The fourth-order valence-corrected chi connectivity index (χ4v) is 1.96. The van der Waals surface area contributed by atoms with Crippen LogP contribution in [0.5, 0.6) is 0 Å². The zero-order valence-corrected chi connectivity index (χ0v) is 10.4. The van der Waals surface area contributed by atoms with Crippen LogP contribution in [0.15, 0.2) is 30.3 Å². The topological polar surface area (TPSA) is 75.6 Å². The van der Waals surface area contributed by atoms with Crippen LogP contribution in [0.4, 0.5) is 8.78 Å². The quantitative estimate of drug-likeness (QED) is 0.869. The van der Waals surface area contributed by atoms with E-state index in [0.717, 1.165) is 12.1 Å². The summed E-state index contributed by atoms with van der Waals surface area (Å²) in [5.41, 5.74) is -2.27. The van der Waals surface area contributed by atoms with Gasteiger partial charge in [-0.05, 0) is 0 Å². The fraction of sp³-hybridized carbons (Fsp3) is 0.385. The van der Waals surface area contributed by atoms with E-state index in [4.69, 9.17) is 9.84 Å². The standard InChI is InChI=1S/C13H13F2NO4/c14-13(15,9-4-2-1-3-5-9)10(17)16-12(11(18)19)6-7-20-8-12/h1-5H,6-8H2,(H,16,17)(H,18,19). The van der Waals surface area contributed by atoms with Crippen molar-refractivity contribution < 1.29 is 28.2 Å². The first-order valence-corrected chi connectivity index (χ1v) is 5.95. The second-order valence-electron chi connectivity index (χ2n) is 4.58. The molecule has 108 valence electrons. The first-order valence-electron chi connectivity index (χ1n) is 5.95. The van der Waals surface area contributed by atoms with Crippen molar-refractivity contribution in [3.05, 3.63) is 35.9 Å². The molecular weight excluding hydrogens is 272 g/mol. The van der Waals surface area contributed by atoms with Crippen molar-refractivity contribution in [2.75, 3.05) is 13.2 Å². The van der Waals surface area contributed by atoms with Crippen molar-refractivity contribution in [2.24, 2.45) is 0 Å². The number of hydrogen-bond acceptors (Lipinski definition) is 3. The molecule has 0 spiro atoms. The summed E-state index contributed by atoms with van der Waals surface area (Å²) >= 11 is 0. The highest BCUT2D eigenvalue weighted by atomic mass is 19.3. The Kier molecular flexibility index (Phi) is 3.71. The van der Waals surface area contributed by atoms with Crippen molar-refractivity contribution >= 4 is 11.9 Å². The maximum absolute atomic E-state index is 14.0. The Bertz CT molecular complexity index is 512. The predicted octanol–water partition coefficient (Wildman–Crippen LogP) is 1.14. The van der Waals surface area contributed by atoms with E-state index >= 15 is 0 Å². The molecule has 2 N–H and O–H groups in total. The number of benzene rings is 1. The van der Waals surface area contributed by atoms with Crippen LogP contribution in [-0.2, 0) is 20.2 Å². The minimum absolute atomic E-state index is 0.0427. The predicted molar refractivity (Wildman–Crippen MR) is 64.3 cm³/mol. The molecule has 7 heteroatoms. The molecule has 1 fully saturated rings. The summed E-state index contributed by atoms with van der Waals surface area (Å²) in [6.07, 6.45) is -0.0427. The second-order valence-corrected chi connectivity index (χ2v) is 4.58. The zero-order valence-electron chi connectivity index (χ0n) is 10.4. The monoisotopic (exact) mass is 285 g/mol. The number of carboxylic acid groups (broad SMARTS) is 1. The van der Waals surface area contributed by atoms with Gasteiger partial charge in [-0.3, -0.25) is 4.79 Å². The van der Waals surface area contributed by atoms with Crippen LogP contribution in [0.2, 0.25) is 0 Å². The number of hydrogen-bond donors (Lipinski definition) is 2. The Morgan fingerprint density at radius 2 is 1.95 bits per heavy atom. The number of carbonyl (C=O) groups excluding carboxylic acids is 1. The van der Waals surface area contributed by atoms with E-state index in [1.54, 1.807) is 6.07 Å². The molecule has 1 aliphatic heterocycles. The summed E-state index contributed by atoms with van der Waals surface area (Å²) < 4.78 is 32.9. The SMILES string of the molecule is O=C(O)C1(NC(=O)C(F)(F)c2ccccc2)CCOC1. The summed E-state index contributed by atoms with van der Waals surface area (Å²) in [7, 11) is 0. The third kappa shape index (κ3) is 2.49. The van der Waals surface area contributed by atoms with Crippen LogP contribution in [0.3, 0.4) is 0 Å². The van der Waals surface area contributed by atoms with Gasteiger partial charge < -0.3 is 15.2 Å². The second kappa shape index (κ2) is 5.16. The van der Waals surface area contributed by atoms with Gasteiger partial charge in [0.05, 0.1) is 6.61 Å². The molecule has 0 radical (unpaired) electrons. The van der Waals surface area contributed by atoms with Crippen LogP contribution in [-0.4, -0.2) is 35.7 Å². The number of carboxylic acids is 1. The summed E-state index contributed by atoms with van der Waals surface area (Å²) in [5, 5.41) is 11.0. The van der Waals surface area contributed by atoms with Gasteiger partial charge in [0.1, 0.15) is 0 Å². The minimum Gasteiger partial charge on any atom is -0.479 e. The Morgan fingerprint density at radius 1 is 1.30 bits per heavy atom. The number of ether oxygens (including phenoxy) is 1. The van der Waals surface area contributed by atoms with Gasteiger partial charge in [0.25, 0.3) is 5.91 Å². The summed E-state index contributed by atoms with van der Waals surface area (Å²) in [5.74, 6) is -6.82. The van der Waals surface area contributed by atoms with Crippen molar-refractivity contribution in [3.8, 4) is 0 Å². The first kappa shape index (κ1) is 14.4. The van der Waals surface area contributed by atoms with E-state index in [1.807, 2.05) is 5.32 Å². The molecule has 1 saturated heterocycles. The molecule has 5 nitrogen and oxygen atoms in total. The molecule has 2 rings (SSSR count). The number of aliphatic carboxylic acids is 1. The minimum atomic E-state index is -3.80. The third-order valence-electron chi connectivity index (χ3n) is 3.21. The molecule has 1 amide bonds. The van der Waals surface area contributed by atoms with Gasteiger partial charge in [0.15, 0.2) is 5.54 Å². The highest BCUT2D eigenvalue weighted by Crippen LogP contribution is 2.30. The van der Waals surface area contributed by atoms with E-state index < -0.39 is 28.9 Å². The molecule has 1 aliphatic rings. The molecule has 1 aromatic carbocycles. The maximum Gasteiger partial charge on any atom is 0.349 e. The number of carbonyl (C=O) groups is 2. The molecule has 1 atom stereocenters. The van der Waals surface area contributed by atoms with E-state index in [2.05, 4.69) is 0 Å². The number of alkyl halides is 2. The van der Waals surface area contributed by atoms with Gasteiger partial charge in [-0.1, -0.05) is 30.3 Å². The first-order chi connectivity index (χ1) is 9.38. The van der Waals surface area contributed by atoms with Gasteiger partial charge >= 0.3 is 11.9 Å². The Hall–Kier alpha value is -2.02. The highest BCUT2D eigenvalue weighted by molar-refractivity contribution is 5.91. The summed E-state index contributed by atoms with van der Waals surface area (Å²) in [6, 6.07) is 6.52. The van der Waals surface area contributed by atoms with Crippen LogP contribution < -0.4 is 5.32 Å². The van der Waals surface area contributed by atoms with Gasteiger partial charge in [-0.2, -0.15) is 8.78 Å². The third-order valence-corrected chi connectivity index (χ3v) is 3.21. The van der Waals surface area contributed by atoms with Crippen LogP contribution >= 0.6 is 0 Å². The van der Waals surface area contributed by atoms with Crippen molar-refractivity contribution in [1.29, 1.82) is 0 Å². The van der Waals surface area contributed by atoms with Gasteiger partial charge in [0.2, 0.25) is 0 Å². The van der Waals surface area contributed by atoms with Crippen LogP contribution in [0.25, 0.3) is 0 Å². The van der Waals surface area contributed by atoms with Gasteiger partial charge in [-0.25, -0.2) is 4.79 Å². The number of nitrogens with one attached hydrogen (secondary N) is 1. The largest absolute Gasteiger partial charge is 0.479 e. The molecule has 1 heterocycles. The van der Waals surface area contributed by atoms with E-state index in [9.17, 15) is 18.4 Å². The average Bonchev–Trinajstić information content (AvgIpc) is 2.89. The van der Waals surface area contributed by atoms with Crippen molar-refractivity contribution in [1.82, 2.24) is 5.32 Å². The lowest BCUT2D eigenvalue weighted by atomic mass is 9.97. The average molecular weight is 285 g/mol. The van der Waals surface area contributed by atoms with Gasteiger partial charge in [0, 0.05) is 18.6 Å².